The van der Waals surface area contributed by atoms with E-state index in [1.54, 1.807) is 0 Å². The lowest BCUT2D eigenvalue weighted by Gasteiger charge is -2.27. The number of phosphoric ester groups is 1. The predicted molar refractivity (Wildman–Crippen MR) is 327 cm³/mol. The Morgan fingerprint density at radius 3 is 1.29 bits per heavy atom. The summed E-state index contributed by atoms with van der Waals surface area (Å²) in [5.41, 5.74) is 0. The van der Waals surface area contributed by atoms with Crippen LogP contribution in [0.25, 0.3) is 0 Å². The Bertz CT molecular complexity index is 1620. The number of rotatable bonds is 55. The van der Waals surface area contributed by atoms with Gasteiger partial charge < -0.3 is 19.4 Å². The molecule has 0 aromatic heterocycles. The number of nitrogens with zero attached hydrogens (tertiary/aromatic N) is 1. The molecule has 76 heavy (non-hydrogen) atoms. The van der Waals surface area contributed by atoms with Crippen LogP contribution < -0.4 is 5.32 Å². The average Bonchev–Trinajstić information content (AvgIpc) is 3.38. The van der Waals surface area contributed by atoms with Crippen LogP contribution in [0.5, 0.6) is 0 Å². The lowest BCUT2D eigenvalue weighted by molar-refractivity contribution is -0.870. The molecular formula is C66H118N2O7P+. The highest BCUT2D eigenvalue weighted by atomic mass is 31.2. The van der Waals surface area contributed by atoms with Crippen molar-refractivity contribution in [3.63, 3.8) is 0 Å². The van der Waals surface area contributed by atoms with E-state index >= 15 is 0 Å². The summed E-state index contributed by atoms with van der Waals surface area (Å²) in [7, 11) is 1.45. The Morgan fingerprint density at radius 1 is 0.474 bits per heavy atom. The second kappa shape index (κ2) is 55.3. The fraction of sp³-hybridized carbons (Fsp3) is 0.727. The minimum atomic E-state index is -4.47. The number of hydrogen-bond donors (Lipinski definition) is 2. The number of allylic oxidation sites excluding steroid dienone is 15. The SMILES string of the molecule is CC/C=C\C/C=C\C/C=C\C/C=C\C/C=C\C/C=C\CCCCC(=O)NC(COP(=O)(O)OCC[N+](C)(C)C)C(/C=C\CCCCCCCCCCCC)OC(=O)CCCCCCCCC/C=C/CCCCCCCC. The van der Waals surface area contributed by atoms with Crippen LogP contribution in [0.3, 0.4) is 0 Å². The summed E-state index contributed by atoms with van der Waals surface area (Å²) in [6.07, 6.45) is 74.1. The number of carbonyl (C=O) groups excluding carboxylic acids is 2. The highest BCUT2D eigenvalue weighted by Crippen LogP contribution is 2.43. The molecule has 3 unspecified atom stereocenters. The molecule has 0 saturated carbocycles. The Balaban J connectivity index is 5.35. The van der Waals surface area contributed by atoms with Crippen LogP contribution in [0.2, 0.25) is 0 Å². The number of nitrogens with one attached hydrogen (secondary N) is 1. The van der Waals surface area contributed by atoms with E-state index in [2.05, 4.69) is 111 Å². The molecule has 3 atom stereocenters. The maximum atomic E-state index is 13.5. The number of unbranched alkanes of at least 4 members (excludes halogenated alkanes) is 25. The van der Waals surface area contributed by atoms with Crippen LogP contribution in [-0.2, 0) is 27.9 Å². The van der Waals surface area contributed by atoms with Crippen LogP contribution in [0.15, 0.2) is 97.2 Å². The molecule has 0 aromatic rings. The van der Waals surface area contributed by atoms with Gasteiger partial charge in [0.2, 0.25) is 5.91 Å². The van der Waals surface area contributed by atoms with E-state index in [4.69, 9.17) is 13.8 Å². The van der Waals surface area contributed by atoms with Gasteiger partial charge >= 0.3 is 13.8 Å². The van der Waals surface area contributed by atoms with Gasteiger partial charge in [0, 0.05) is 12.8 Å². The number of likely N-dealkylation sites (N-methyl/N-ethyl adjacent to an activating group) is 1. The number of amides is 1. The molecule has 0 aliphatic carbocycles. The largest absolute Gasteiger partial charge is 0.472 e. The number of carbonyl (C=O) groups is 2. The van der Waals surface area contributed by atoms with Crippen molar-refractivity contribution < 1.29 is 37.3 Å². The maximum absolute atomic E-state index is 13.5. The van der Waals surface area contributed by atoms with Crippen LogP contribution in [0.4, 0.5) is 0 Å². The van der Waals surface area contributed by atoms with E-state index in [9.17, 15) is 19.0 Å². The van der Waals surface area contributed by atoms with Crippen molar-refractivity contribution in [3.8, 4) is 0 Å². The summed E-state index contributed by atoms with van der Waals surface area (Å²) >= 11 is 0. The fourth-order valence-corrected chi connectivity index (χ4v) is 9.20. The molecule has 0 heterocycles. The quantitative estimate of drug-likeness (QED) is 0.0205. The smallest absolute Gasteiger partial charge is 0.456 e. The zero-order chi connectivity index (χ0) is 55.7. The van der Waals surface area contributed by atoms with E-state index in [0.29, 0.717) is 17.4 Å². The van der Waals surface area contributed by atoms with Gasteiger partial charge in [-0.25, -0.2) is 4.57 Å². The van der Waals surface area contributed by atoms with Crippen LogP contribution in [0.1, 0.15) is 258 Å². The third-order valence-electron chi connectivity index (χ3n) is 13.3. The van der Waals surface area contributed by atoms with Crippen LogP contribution in [0, 0.1) is 0 Å². The number of hydrogen-bond acceptors (Lipinski definition) is 6. The van der Waals surface area contributed by atoms with E-state index in [0.717, 1.165) is 103 Å². The third kappa shape index (κ3) is 55.7. The summed E-state index contributed by atoms with van der Waals surface area (Å²) in [6, 6.07) is -0.878. The van der Waals surface area contributed by atoms with Gasteiger partial charge in [0.15, 0.2) is 0 Å². The first-order valence-electron chi connectivity index (χ1n) is 31.1. The lowest BCUT2D eigenvalue weighted by Crippen LogP contribution is -2.47. The Labute approximate surface area is 468 Å². The third-order valence-corrected chi connectivity index (χ3v) is 14.2. The normalized spacial score (nSPS) is 14.4. The molecule has 0 rings (SSSR count). The summed E-state index contributed by atoms with van der Waals surface area (Å²) in [5.74, 6) is -0.563. The van der Waals surface area contributed by atoms with Gasteiger partial charge in [-0.05, 0) is 109 Å². The summed E-state index contributed by atoms with van der Waals surface area (Å²) < 4.78 is 30.7. The molecule has 0 aromatic carbocycles. The maximum Gasteiger partial charge on any atom is 0.472 e. The first-order chi connectivity index (χ1) is 36.9. The number of phosphoric acid groups is 1. The molecule has 0 aliphatic heterocycles. The van der Waals surface area contributed by atoms with Crippen LogP contribution in [-0.4, -0.2) is 74.3 Å². The Kier molecular flexibility index (Phi) is 53.0. The summed E-state index contributed by atoms with van der Waals surface area (Å²) in [4.78, 5) is 37.7. The molecule has 0 fully saturated rings. The first-order valence-corrected chi connectivity index (χ1v) is 32.6. The monoisotopic (exact) mass is 1080 g/mol. The molecular weight excluding hydrogens is 964 g/mol. The van der Waals surface area contributed by atoms with Gasteiger partial charge in [-0.15, -0.1) is 0 Å². The molecule has 0 radical (unpaired) electrons. The molecule has 1 amide bonds. The Hall–Kier alpha value is -3.07. The van der Waals surface area contributed by atoms with Gasteiger partial charge in [-0.2, -0.15) is 0 Å². The molecule has 9 nitrogen and oxygen atoms in total. The van der Waals surface area contributed by atoms with Crippen molar-refractivity contribution in [2.75, 3.05) is 40.9 Å². The number of quaternary nitrogens is 1. The number of ether oxygens (including phenoxy) is 1. The van der Waals surface area contributed by atoms with Crippen molar-refractivity contribution >= 4 is 19.7 Å². The average molecular weight is 1080 g/mol. The number of esters is 1. The van der Waals surface area contributed by atoms with Gasteiger partial charge in [0.1, 0.15) is 19.3 Å². The Morgan fingerprint density at radius 2 is 0.842 bits per heavy atom. The predicted octanol–water partition coefficient (Wildman–Crippen LogP) is 19.2. The molecule has 0 saturated heterocycles. The molecule has 10 heteroatoms. The van der Waals surface area contributed by atoms with Crippen molar-refractivity contribution in [1.82, 2.24) is 5.32 Å². The van der Waals surface area contributed by atoms with Crippen molar-refractivity contribution in [1.29, 1.82) is 0 Å². The van der Waals surface area contributed by atoms with Crippen molar-refractivity contribution in [2.24, 2.45) is 0 Å². The minimum Gasteiger partial charge on any atom is -0.456 e. The second-order valence-electron chi connectivity index (χ2n) is 21.8. The van der Waals surface area contributed by atoms with Crippen molar-refractivity contribution in [2.45, 2.75) is 270 Å². The second-order valence-corrected chi connectivity index (χ2v) is 23.3. The topological polar surface area (TPSA) is 111 Å². The van der Waals surface area contributed by atoms with Crippen molar-refractivity contribution in [3.05, 3.63) is 97.2 Å². The zero-order valence-corrected chi connectivity index (χ0v) is 50.9. The minimum absolute atomic E-state index is 0.0267. The lowest BCUT2D eigenvalue weighted by atomic mass is 10.0. The first kappa shape index (κ1) is 72.9. The zero-order valence-electron chi connectivity index (χ0n) is 50.0. The summed E-state index contributed by atoms with van der Waals surface area (Å²) in [5, 5.41) is 3.03. The van der Waals surface area contributed by atoms with E-state index in [-0.39, 0.29) is 37.9 Å². The fourth-order valence-electron chi connectivity index (χ4n) is 8.47. The molecule has 438 valence electrons. The molecule has 0 aliphatic rings. The summed E-state index contributed by atoms with van der Waals surface area (Å²) in [6.45, 7) is 6.85. The van der Waals surface area contributed by atoms with Gasteiger partial charge in [-0.1, -0.05) is 234 Å². The molecule has 0 spiro atoms. The molecule has 2 N–H and O–H groups in total. The van der Waals surface area contributed by atoms with Gasteiger partial charge in [-0.3, -0.25) is 18.6 Å². The van der Waals surface area contributed by atoms with E-state index in [1.807, 2.05) is 33.3 Å². The van der Waals surface area contributed by atoms with Gasteiger partial charge in [0.25, 0.3) is 0 Å². The van der Waals surface area contributed by atoms with Gasteiger partial charge in [0.05, 0.1) is 33.8 Å². The van der Waals surface area contributed by atoms with Crippen LogP contribution >= 0.6 is 7.82 Å². The standard InChI is InChI=1S/C66H117N2O7P/c1-7-10-13-16-19-22-25-28-30-32-33-34-35-37-38-40-43-46-49-52-55-58-65(69)67-63(62-74-76(71,72)73-61-60-68(4,5)6)64(57-54-51-48-45-42-27-24-21-18-15-12-9-3)75-66(70)59-56-53-50-47-44-41-39-36-31-29-26-23-20-17-14-11-8-2/h10,13,19,22,28-31,33-34,37-38,43,46,54,57,63-64H,7-9,11-12,14-18,20-21,23-27,32,35-36,39-42,44-45,47-53,55-56,58-62H2,1-6H3,(H-,67,69,71,72)/p+1/b13-10-,22-19-,30-28-,31-29+,34-33-,38-37-,46-43-,57-54-. The molecule has 0 bridgehead atoms. The van der Waals surface area contributed by atoms with E-state index < -0.39 is 20.0 Å². The highest BCUT2D eigenvalue weighted by Gasteiger charge is 2.30. The highest BCUT2D eigenvalue weighted by molar-refractivity contribution is 7.47. The van der Waals surface area contributed by atoms with E-state index in [1.165, 1.54) is 116 Å².